The molecule has 0 aromatic carbocycles. The SMILES string of the molecule is COc1ccc(CN2CCN3CCCCC3C2)cn1. The third kappa shape index (κ3) is 3.07. The predicted molar refractivity (Wildman–Crippen MR) is 75.3 cm³/mol. The van der Waals surface area contributed by atoms with Gasteiger partial charge in [0.1, 0.15) is 0 Å². The molecular weight excluding hydrogens is 238 g/mol. The van der Waals surface area contributed by atoms with Crippen LogP contribution in [0.1, 0.15) is 24.8 Å². The number of aromatic nitrogens is 1. The molecule has 1 atom stereocenters. The predicted octanol–water partition coefficient (Wildman–Crippen LogP) is 1.76. The molecule has 1 aromatic rings. The Kier molecular flexibility index (Phi) is 3.99. The molecular formula is C15H23N3O. The van der Waals surface area contributed by atoms with Crippen LogP contribution in [-0.2, 0) is 6.54 Å². The second kappa shape index (κ2) is 5.88. The quantitative estimate of drug-likeness (QED) is 0.829. The molecule has 2 aliphatic heterocycles. The molecule has 104 valence electrons. The lowest BCUT2D eigenvalue weighted by Gasteiger charge is -2.44. The van der Waals surface area contributed by atoms with Gasteiger partial charge in [-0.05, 0) is 24.9 Å². The lowest BCUT2D eigenvalue weighted by molar-refractivity contribution is 0.0456. The standard InChI is InChI=1S/C15H23N3O/c1-19-15-6-5-13(10-16-15)11-17-8-9-18-7-3-2-4-14(18)12-17/h5-6,10,14H,2-4,7-9,11-12H2,1H3. The van der Waals surface area contributed by atoms with Crippen molar-refractivity contribution in [3.8, 4) is 5.88 Å². The summed E-state index contributed by atoms with van der Waals surface area (Å²) in [7, 11) is 1.66. The molecule has 2 saturated heterocycles. The fraction of sp³-hybridized carbons (Fsp3) is 0.667. The maximum Gasteiger partial charge on any atom is 0.212 e. The van der Waals surface area contributed by atoms with Gasteiger partial charge in [0, 0.05) is 44.5 Å². The Morgan fingerprint density at radius 3 is 3.00 bits per heavy atom. The normalized spacial score (nSPS) is 25.0. The highest BCUT2D eigenvalue weighted by Gasteiger charge is 2.28. The molecule has 3 heterocycles. The van der Waals surface area contributed by atoms with Crippen molar-refractivity contribution < 1.29 is 4.74 Å². The van der Waals surface area contributed by atoms with Crippen LogP contribution >= 0.6 is 0 Å². The number of ether oxygens (including phenoxy) is 1. The lowest BCUT2D eigenvalue weighted by Crippen LogP contribution is -2.54. The molecule has 2 fully saturated rings. The summed E-state index contributed by atoms with van der Waals surface area (Å²) in [5.41, 5.74) is 1.28. The van der Waals surface area contributed by atoms with E-state index in [1.807, 2.05) is 12.3 Å². The van der Waals surface area contributed by atoms with E-state index in [0.29, 0.717) is 5.88 Å². The van der Waals surface area contributed by atoms with Gasteiger partial charge < -0.3 is 4.74 Å². The van der Waals surface area contributed by atoms with Crippen molar-refractivity contribution in [1.29, 1.82) is 0 Å². The summed E-state index contributed by atoms with van der Waals surface area (Å²) < 4.78 is 5.10. The summed E-state index contributed by atoms with van der Waals surface area (Å²) in [5.74, 6) is 0.695. The van der Waals surface area contributed by atoms with E-state index in [2.05, 4.69) is 20.9 Å². The molecule has 0 N–H and O–H groups in total. The Morgan fingerprint density at radius 2 is 2.21 bits per heavy atom. The summed E-state index contributed by atoms with van der Waals surface area (Å²) in [6, 6.07) is 4.86. The van der Waals surface area contributed by atoms with Gasteiger partial charge in [-0.15, -0.1) is 0 Å². The lowest BCUT2D eigenvalue weighted by atomic mass is 9.99. The van der Waals surface area contributed by atoms with Crippen LogP contribution in [0.15, 0.2) is 18.3 Å². The third-order valence-corrected chi connectivity index (χ3v) is 4.33. The molecule has 2 aliphatic rings. The zero-order chi connectivity index (χ0) is 13.1. The number of piperazine rings is 1. The Balaban J connectivity index is 1.57. The van der Waals surface area contributed by atoms with Crippen molar-refractivity contribution in [3.05, 3.63) is 23.9 Å². The molecule has 0 spiro atoms. The summed E-state index contributed by atoms with van der Waals surface area (Å²) in [6.07, 6.45) is 6.10. The van der Waals surface area contributed by atoms with Gasteiger partial charge in [-0.1, -0.05) is 12.5 Å². The van der Waals surface area contributed by atoms with Crippen LogP contribution in [0, 0.1) is 0 Å². The summed E-state index contributed by atoms with van der Waals surface area (Å²) in [4.78, 5) is 9.52. The van der Waals surface area contributed by atoms with E-state index in [4.69, 9.17) is 4.74 Å². The Morgan fingerprint density at radius 1 is 1.26 bits per heavy atom. The average molecular weight is 261 g/mol. The summed E-state index contributed by atoms with van der Waals surface area (Å²) in [6.45, 7) is 5.95. The van der Waals surface area contributed by atoms with Crippen LogP contribution in [-0.4, -0.2) is 54.1 Å². The van der Waals surface area contributed by atoms with Crippen molar-refractivity contribution >= 4 is 0 Å². The number of nitrogens with zero attached hydrogens (tertiary/aromatic N) is 3. The molecule has 19 heavy (non-hydrogen) atoms. The number of fused-ring (bicyclic) bond motifs is 1. The van der Waals surface area contributed by atoms with Gasteiger partial charge in [0.15, 0.2) is 0 Å². The Hall–Kier alpha value is -1.13. The monoisotopic (exact) mass is 261 g/mol. The summed E-state index contributed by atoms with van der Waals surface area (Å²) in [5, 5.41) is 0. The van der Waals surface area contributed by atoms with Crippen LogP contribution in [0.3, 0.4) is 0 Å². The first-order valence-corrected chi connectivity index (χ1v) is 7.30. The molecule has 4 heteroatoms. The highest BCUT2D eigenvalue weighted by atomic mass is 16.5. The summed E-state index contributed by atoms with van der Waals surface area (Å²) >= 11 is 0. The number of hydrogen-bond acceptors (Lipinski definition) is 4. The minimum Gasteiger partial charge on any atom is -0.481 e. The fourth-order valence-electron chi connectivity index (χ4n) is 3.25. The third-order valence-electron chi connectivity index (χ3n) is 4.33. The van der Waals surface area contributed by atoms with Crippen molar-refractivity contribution in [1.82, 2.24) is 14.8 Å². The second-order valence-electron chi connectivity index (χ2n) is 5.63. The Labute approximate surface area is 115 Å². The smallest absolute Gasteiger partial charge is 0.212 e. The molecule has 4 nitrogen and oxygen atoms in total. The van der Waals surface area contributed by atoms with Gasteiger partial charge in [0.25, 0.3) is 0 Å². The zero-order valence-electron chi connectivity index (χ0n) is 11.7. The zero-order valence-corrected chi connectivity index (χ0v) is 11.7. The van der Waals surface area contributed by atoms with Gasteiger partial charge in [0.05, 0.1) is 7.11 Å². The first-order chi connectivity index (χ1) is 9.35. The number of rotatable bonds is 3. The maximum atomic E-state index is 5.10. The number of pyridine rings is 1. The van der Waals surface area contributed by atoms with Crippen LogP contribution in [0.25, 0.3) is 0 Å². The fourth-order valence-corrected chi connectivity index (χ4v) is 3.25. The van der Waals surface area contributed by atoms with Gasteiger partial charge in [-0.25, -0.2) is 4.98 Å². The van der Waals surface area contributed by atoms with Crippen molar-refractivity contribution in [3.63, 3.8) is 0 Å². The maximum absolute atomic E-state index is 5.10. The molecule has 0 amide bonds. The first-order valence-electron chi connectivity index (χ1n) is 7.30. The van der Waals surface area contributed by atoms with Crippen molar-refractivity contribution in [2.75, 3.05) is 33.3 Å². The highest BCUT2D eigenvalue weighted by Crippen LogP contribution is 2.22. The molecule has 0 aliphatic carbocycles. The van der Waals surface area contributed by atoms with Crippen LogP contribution in [0.4, 0.5) is 0 Å². The molecule has 1 aromatic heterocycles. The van der Waals surface area contributed by atoms with E-state index in [0.717, 1.165) is 12.6 Å². The topological polar surface area (TPSA) is 28.6 Å². The van der Waals surface area contributed by atoms with Gasteiger partial charge in [-0.2, -0.15) is 0 Å². The number of methoxy groups -OCH3 is 1. The molecule has 0 radical (unpaired) electrons. The van der Waals surface area contributed by atoms with E-state index >= 15 is 0 Å². The number of hydrogen-bond donors (Lipinski definition) is 0. The number of piperidine rings is 1. The second-order valence-corrected chi connectivity index (χ2v) is 5.63. The highest BCUT2D eigenvalue weighted by molar-refractivity contribution is 5.17. The molecule has 0 saturated carbocycles. The van der Waals surface area contributed by atoms with Crippen molar-refractivity contribution in [2.45, 2.75) is 31.8 Å². The van der Waals surface area contributed by atoms with E-state index in [1.54, 1.807) is 7.11 Å². The van der Waals surface area contributed by atoms with Crippen molar-refractivity contribution in [2.24, 2.45) is 0 Å². The molecule has 3 rings (SSSR count). The first kappa shape index (κ1) is 12.9. The van der Waals surface area contributed by atoms with E-state index in [-0.39, 0.29) is 0 Å². The van der Waals surface area contributed by atoms with Crippen LogP contribution in [0.2, 0.25) is 0 Å². The van der Waals surface area contributed by atoms with E-state index in [9.17, 15) is 0 Å². The Bertz CT molecular complexity index is 406. The van der Waals surface area contributed by atoms with E-state index in [1.165, 1.54) is 51.0 Å². The van der Waals surface area contributed by atoms with Gasteiger partial charge in [-0.3, -0.25) is 9.80 Å². The average Bonchev–Trinajstić information content (AvgIpc) is 2.48. The molecule has 0 bridgehead atoms. The largest absolute Gasteiger partial charge is 0.481 e. The molecule has 1 unspecified atom stereocenters. The van der Waals surface area contributed by atoms with E-state index < -0.39 is 0 Å². The van der Waals surface area contributed by atoms with Gasteiger partial charge in [0.2, 0.25) is 5.88 Å². The van der Waals surface area contributed by atoms with Crippen LogP contribution < -0.4 is 4.74 Å². The minimum atomic E-state index is 0.695. The minimum absolute atomic E-state index is 0.695. The van der Waals surface area contributed by atoms with Gasteiger partial charge >= 0.3 is 0 Å². The van der Waals surface area contributed by atoms with Crippen LogP contribution in [0.5, 0.6) is 5.88 Å².